The Hall–Kier alpha value is -0.870. The Balaban J connectivity index is 1.84. The van der Waals surface area contributed by atoms with E-state index in [0.29, 0.717) is 12.1 Å². The molecule has 1 aromatic heterocycles. The molecule has 0 saturated carbocycles. The first kappa shape index (κ1) is 13.6. The molecule has 2 atom stereocenters. The van der Waals surface area contributed by atoms with Crippen molar-refractivity contribution in [3.8, 4) is 0 Å². The number of rotatable bonds is 5. The molecule has 0 bridgehead atoms. The zero-order chi connectivity index (χ0) is 13.1. The normalized spacial score (nSPS) is 22.8. The van der Waals surface area contributed by atoms with Gasteiger partial charge in [0.2, 0.25) is 5.89 Å². The van der Waals surface area contributed by atoms with Gasteiger partial charge in [-0.15, -0.1) is 0 Å². The second-order valence-electron chi connectivity index (χ2n) is 5.70. The van der Waals surface area contributed by atoms with E-state index in [4.69, 9.17) is 4.42 Å². The Morgan fingerprint density at radius 1 is 1.50 bits per heavy atom. The zero-order valence-corrected chi connectivity index (χ0v) is 11.9. The topological polar surface area (TPSA) is 41.3 Å². The van der Waals surface area contributed by atoms with Crippen molar-refractivity contribution in [1.29, 1.82) is 0 Å². The molecule has 1 saturated heterocycles. The zero-order valence-electron chi connectivity index (χ0n) is 11.9. The van der Waals surface area contributed by atoms with Gasteiger partial charge in [0, 0.05) is 12.6 Å². The summed E-state index contributed by atoms with van der Waals surface area (Å²) >= 11 is 0. The van der Waals surface area contributed by atoms with E-state index in [-0.39, 0.29) is 0 Å². The van der Waals surface area contributed by atoms with Crippen molar-refractivity contribution in [2.75, 3.05) is 19.6 Å². The molecule has 102 valence electrons. The van der Waals surface area contributed by atoms with Crippen molar-refractivity contribution < 1.29 is 4.42 Å². The van der Waals surface area contributed by atoms with Crippen LogP contribution in [0.1, 0.15) is 44.9 Å². The number of aryl methyl sites for hydroxylation is 1. The van der Waals surface area contributed by atoms with Crippen molar-refractivity contribution in [2.24, 2.45) is 5.92 Å². The van der Waals surface area contributed by atoms with E-state index in [9.17, 15) is 0 Å². The molecule has 2 heterocycles. The van der Waals surface area contributed by atoms with E-state index < -0.39 is 0 Å². The van der Waals surface area contributed by atoms with Crippen LogP contribution in [-0.2, 0) is 0 Å². The minimum absolute atomic E-state index is 0.294. The fourth-order valence-electron chi connectivity index (χ4n) is 2.50. The van der Waals surface area contributed by atoms with Crippen molar-refractivity contribution in [2.45, 2.75) is 46.2 Å². The summed E-state index contributed by atoms with van der Waals surface area (Å²) in [5.41, 5.74) is 0. The average molecular weight is 251 g/mol. The lowest BCUT2D eigenvalue weighted by Gasteiger charge is -2.22. The Labute approximate surface area is 110 Å². The Morgan fingerprint density at radius 3 is 2.89 bits per heavy atom. The number of hydrogen-bond acceptors (Lipinski definition) is 4. The lowest BCUT2D eigenvalue weighted by atomic mass is 10.1. The third-order valence-electron chi connectivity index (χ3n) is 3.68. The maximum absolute atomic E-state index is 5.62. The molecule has 0 aromatic carbocycles. The number of likely N-dealkylation sites (tertiary alicyclic amines) is 1. The fraction of sp³-hybridized carbons (Fsp3) is 0.786. The second-order valence-corrected chi connectivity index (χ2v) is 5.70. The SMILES string of the molecule is Cc1cnc(C(C)N2CCC(CNC(C)C)C2)o1. The first-order chi connectivity index (χ1) is 8.56. The number of aromatic nitrogens is 1. The Morgan fingerprint density at radius 2 is 2.28 bits per heavy atom. The minimum atomic E-state index is 0.294. The van der Waals surface area contributed by atoms with Crippen molar-refractivity contribution in [3.05, 3.63) is 17.8 Å². The van der Waals surface area contributed by atoms with E-state index in [1.165, 1.54) is 6.42 Å². The molecule has 0 amide bonds. The molecule has 1 fully saturated rings. The predicted octanol–water partition coefficient (Wildman–Crippen LogP) is 2.36. The third kappa shape index (κ3) is 3.33. The summed E-state index contributed by atoms with van der Waals surface area (Å²) in [4.78, 5) is 6.81. The molecule has 1 N–H and O–H groups in total. The summed E-state index contributed by atoms with van der Waals surface area (Å²) in [5, 5.41) is 3.53. The highest BCUT2D eigenvalue weighted by Gasteiger charge is 2.28. The fourth-order valence-corrected chi connectivity index (χ4v) is 2.50. The molecule has 0 aliphatic carbocycles. The van der Waals surface area contributed by atoms with Crippen LogP contribution in [0.15, 0.2) is 10.6 Å². The minimum Gasteiger partial charge on any atom is -0.444 e. The first-order valence-corrected chi connectivity index (χ1v) is 6.96. The van der Waals surface area contributed by atoms with Crippen LogP contribution in [0.4, 0.5) is 0 Å². The van der Waals surface area contributed by atoms with Gasteiger partial charge in [0.05, 0.1) is 12.2 Å². The maximum atomic E-state index is 5.62. The van der Waals surface area contributed by atoms with E-state index in [0.717, 1.165) is 37.2 Å². The van der Waals surface area contributed by atoms with Gasteiger partial charge < -0.3 is 9.73 Å². The van der Waals surface area contributed by atoms with E-state index in [2.05, 4.69) is 36.0 Å². The highest BCUT2D eigenvalue weighted by Crippen LogP contribution is 2.26. The second kappa shape index (κ2) is 5.85. The van der Waals surface area contributed by atoms with Crippen LogP contribution in [0.2, 0.25) is 0 Å². The third-order valence-corrected chi connectivity index (χ3v) is 3.68. The molecule has 2 unspecified atom stereocenters. The van der Waals surface area contributed by atoms with Crippen LogP contribution < -0.4 is 5.32 Å². The van der Waals surface area contributed by atoms with Gasteiger partial charge in [-0.05, 0) is 39.3 Å². The number of nitrogens with one attached hydrogen (secondary N) is 1. The smallest absolute Gasteiger partial charge is 0.211 e. The summed E-state index contributed by atoms with van der Waals surface area (Å²) in [6.45, 7) is 11.9. The van der Waals surface area contributed by atoms with Gasteiger partial charge in [-0.25, -0.2) is 4.98 Å². The standard InChI is InChI=1S/C14H25N3O/c1-10(2)15-8-13-5-6-17(9-13)12(4)14-16-7-11(3)18-14/h7,10,12-13,15H,5-6,8-9H2,1-4H3. The van der Waals surface area contributed by atoms with E-state index in [1.807, 2.05) is 6.92 Å². The highest BCUT2D eigenvalue weighted by atomic mass is 16.4. The van der Waals surface area contributed by atoms with Crippen LogP contribution in [0.25, 0.3) is 0 Å². The van der Waals surface area contributed by atoms with Crippen molar-refractivity contribution in [1.82, 2.24) is 15.2 Å². The molecule has 1 aromatic rings. The van der Waals surface area contributed by atoms with Crippen LogP contribution in [0, 0.1) is 12.8 Å². The lowest BCUT2D eigenvalue weighted by molar-refractivity contribution is 0.214. The Bertz CT molecular complexity index is 375. The molecular weight excluding hydrogens is 226 g/mol. The molecule has 4 heteroatoms. The van der Waals surface area contributed by atoms with E-state index in [1.54, 1.807) is 6.20 Å². The first-order valence-electron chi connectivity index (χ1n) is 6.96. The molecular formula is C14H25N3O. The van der Waals surface area contributed by atoms with Gasteiger partial charge in [0.1, 0.15) is 5.76 Å². The molecule has 4 nitrogen and oxygen atoms in total. The molecule has 0 spiro atoms. The summed E-state index contributed by atoms with van der Waals surface area (Å²) in [7, 11) is 0. The summed E-state index contributed by atoms with van der Waals surface area (Å²) in [6, 6.07) is 0.869. The number of nitrogens with zero attached hydrogens (tertiary/aromatic N) is 2. The average Bonchev–Trinajstić information content (AvgIpc) is 2.94. The van der Waals surface area contributed by atoms with Gasteiger partial charge in [-0.2, -0.15) is 0 Å². The van der Waals surface area contributed by atoms with Crippen LogP contribution in [-0.4, -0.2) is 35.6 Å². The van der Waals surface area contributed by atoms with Gasteiger partial charge >= 0.3 is 0 Å². The molecule has 18 heavy (non-hydrogen) atoms. The monoisotopic (exact) mass is 251 g/mol. The summed E-state index contributed by atoms with van der Waals surface area (Å²) < 4.78 is 5.62. The molecule has 1 aliphatic rings. The Kier molecular flexibility index (Phi) is 4.40. The molecule has 0 radical (unpaired) electrons. The van der Waals surface area contributed by atoms with E-state index >= 15 is 0 Å². The van der Waals surface area contributed by atoms with Crippen molar-refractivity contribution >= 4 is 0 Å². The highest BCUT2D eigenvalue weighted by molar-refractivity contribution is 4.97. The van der Waals surface area contributed by atoms with Gasteiger partial charge in [-0.3, -0.25) is 4.90 Å². The number of hydrogen-bond donors (Lipinski definition) is 1. The van der Waals surface area contributed by atoms with Crippen LogP contribution in [0.5, 0.6) is 0 Å². The van der Waals surface area contributed by atoms with Crippen LogP contribution in [0.3, 0.4) is 0 Å². The van der Waals surface area contributed by atoms with Crippen molar-refractivity contribution in [3.63, 3.8) is 0 Å². The van der Waals surface area contributed by atoms with Gasteiger partial charge in [0.15, 0.2) is 0 Å². The molecule has 2 rings (SSSR count). The van der Waals surface area contributed by atoms with Gasteiger partial charge in [0.25, 0.3) is 0 Å². The predicted molar refractivity (Wildman–Crippen MR) is 72.5 cm³/mol. The summed E-state index contributed by atoms with van der Waals surface area (Å²) in [5.74, 6) is 2.50. The number of oxazole rings is 1. The largest absolute Gasteiger partial charge is 0.444 e. The lowest BCUT2D eigenvalue weighted by Crippen LogP contribution is -2.31. The summed E-state index contributed by atoms with van der Waals surface area (Å²) in [6.07, 6.45) is 3.07. The van der Waals surface area contributed by atoms with Gasteiger partial charge in [-0.1, -0.05) is 13.8 Å². The molecule has 1 aliphatic heterocycles. The maximum Gasteiger partial charge on any atom is 0.211 e. The van der Waals surface area contributed by atoms with Crippen LogP contribution >= 0.6 is 0 Å². The quantitative estimate of drug-likeness (QED) is 0.872.